The number of amides is 1. The van der Waals surface area contributed by atoms with Gasteiger partial charge in [-0.25, -0.2) is 4.39 Å². The van der Waals surface area contributed by atoms with E-state index in [9.17, 15) is 9.18 Å². The Labute approximate surface area is 166 Å². The van der Waals surface area contributed by atoms with Gasteiger partial charge in [0.05, 0.1) is 16.9 Å². The molecule has 1 aliphatic heterocycles. The van der Waals surface area contributed by atoms with Crippen LogP contribution in [-0.4, -0.2) is 43.5 Å². The maximum atomic E-state index is 14.1. The minimum absolute atomic E-state index is 0.00470. The van der Waals surface area contributed by atoms with Crippen molar-refractivity contribution in [1.82, 2.24) is 4.90 Å². The van der Waals surface area contributed by atoms with Crippen molar-refractivity contribution in [1.29, 1.82) is 0 Å². The standard InChI is InChI=1S/C19H20BrClFN3O/c1-2-24-7-9-25(10-8-24)18-6-4-14(21)12-17(18)23-19(26)15-5-3-13(20)11-16(15)22/h3-6,11-12H,2,7-10H2,1H3,(H,23,26). The molecule has 1 fully saturated rings. The molecule has 1 amide bonds. The summed E-state index contributed by atoms with van der Waals surface area (Å²) in [6.45, 7) is 6.84. The van der Waals surface area contributed by atoms with Crippen molar-refractivity contribution in [2.45, 2.75) is 6.92 Å². The van der Waals surface area contributed by atoms with E-state index >= 15 is 0 Å². The van der Waals surface area contributed by atoms with Gasteiger partial charge in [0.1, 0.15) is 5.82 Å². The molecule has 1 heterocycles. The molecule has 0 unspecified atom stereocenters. The van der Waals surface area contributed by atoms with Crippen LogP contribution >= 0.6 is 27.5 Å². The average molecular weight is 441 g/mol. The number of nitrogens with one attached hydrogen (secondary N) is 1. The Kier molecular flexibility index (Phi) is 6.16. The van der Waals surface area contributed by atoms with Crippen LogP contribution in [0.3, 0.4) is 0 Å². The molecule has 0 saturated carbocycles. The van der Waals surface area contributed by atoms with Crippen LogP contribution in [0.4, 0.5) is 15.8 Å². The number of hydrogen-bond donors (Lipinski definition) is 1. The molecule has 4 nitrogen and oxygen atoms in total. The molecule has 1 N–H and O–H groups in total. The zero-order valence-corrected chi connectivity index (χ0v) is 16.8. The van der Waals surface area contributed by atoms with Crippen LogP contribution in [0.15, 0.2) is 40.9 Å². The molecule has 7 heteroatoms. The second-order valence-corrected chi connectivity index (χ2v) is 7.51. The number of anilines is 2. The molecule has 0 atom stereocenters. The third kappa shape index (κ3) is 4.37. The monoisotopic (exact) mass is 439 g/mol. The average Bonchev–Trinajstić information content (AvgIpc) is 2.62. The Hall–Kier alpha value is -1.63. The molecule has 2 aromatic rings. The van der Waals surface area contributed by atoms with Crippen LogP contribution in [0, 0.1) is 5.82 Å². The molecule has 1 aliphatic rings. The van der Waals surface area contributed by atoms with E-state index in [4.69, 9.17) is 11.6 Å². The quantitative estimate of drug-likeness (QED) is 0.752. The Morgan fingerprint density at radius 1 is 1.19 bits per heavy atom. The third-order valence-corrected chi connectivity index (χ3v) is 5.27. The molecule has 0 aliphatic carbocycles. The van der Waals surface area contributed by atoms with Crippen molar-refractivity contribution in [2.75, 3.05) is 42.9 Å². The number of halogens is 3. The fourth-order valence-electron chi connectivity index (χ4n) is 3.05. The summed E-state index contributed by atoms with van der Waals surface area (Å²) in [5.41, 5.74) is 1.49. The van der Waals surface area contributed by atoms with Crippen LogP contribution in [0.1, 0.15) is 17.3 Å². The molecule has 0 radical (unpaired) electrons. The number of hydrogen-bond acceptors (Lipinski definition) is 3. The first kappa shape index (κ1) is 19.1. The summed E-state index contributed by atoms with van der Waals surface area (Å²) in [6.07, 6.45) is 0. The first-order valence-electron chi connectivity index (χ1n) is 8.51. The maximum absolute atomic E-state index is 14.1. The largest absolute Gasteiger partial charge is 0.367 e. The Morgan fingerprint density at radius 2 is 1.92 bits per heavy atom. The van der Waals surface area contributed by atoms with Crippen molar-refractivity contribution < 1.29 is 9.18 Å². The Bertz CT molecular complexity index is 809. The van der Waals surface area contributed by atoms with Gasteiger partial charge in [0.25, 0.3) is 5.91 Å². The third-order valence-electron chi connectivity index (χ3n) is 4.54. The van der Waals surface area contributed by atoms with Crippen molar-refractivity contribution >= 4 is 44.8 Å². The maximum Gasteiger partial charge on any atom is 0.258 e. The van der Waals surface area contributed by atoms with Crippen LogP contribution in [-0.2, 0) is 0 Å². The topological polar surface area (TPSA) is 35.6 Å². The van der Waals surface area contributed by atoms with Crippen molar-refractivity contribution in [2.24, 2.45) is 0 Å². The molecule has 26 heavy (non-hydrogen) atoms. The molecule has 3 rings (SSSR count). The van der Waals surface area contributed by atoms with Crippen molar-refractivity contribution in [3.63, 3.8) is 0 Å². The van der Waals surface area contributed by atoms with Crippen molar-refractivity contribution in [3.05, 3.63) is 57.3 Å². The van der Waals surface area contributed by atoms with E-state index in [1.54, 1.807) is 18.2 Å². The normalized spacial score (nSPS) is 15.2. The predicted molar refractivity (Wildman–Crippen MR) is 108 cm³/mol. The minimum Gasteiger partial charge on any atom is -0.367 e. The highest BCUT2D eigenvalue weighted by atomic mass is 79.9. The van der Waals surface area contributed by atoms with Crippen LogP contribution in [0.25, 0.3) is 0 Å². The van der Waals surface area contributed by atoms with Gasteiger partial charge in [0, 0.05) is 35.7 Å². The summed E-state index contributed by atoms with van der Waals surface area (Å²) in [6, 6.07) is 9.78. The second-order valence-electron chi connectivity index (χ2n) is 6.16. The first-order valence-corrected chi connectivity index (χ1v) is 9.68. The number of nitrogens with zero attached hydrogens (tertiary/aromatic N) is 2. The van der Waals surface area contributed by atoms with Gasteiger partial charge in [0.15, 0.2) is 0 Å². The second kappa shape index (κ2) is 8.37. The highest BCUT2D eigenvalue weighted by Crippen LogP contribution is 2.31. The fourth-order valence-corrected chi connectivity index (χ4v) is 3.56. The van der Waals surface area contributed by atoms with Gasteiger partial charge in [-0.1, -0.05) is 34.5 Å². The van der Waals surface area contributed by atoms with Gasteiger partial charge in [-0.05, 0) is 42.9 Å². The zero-order valence-electron chi connectivity index (χ0n) is 14.4. The van der Waals surface area contributed by atoms with E-state index in [1.165, 1.54) is 12.1 Å². The number of benzene rings is 2. The molecule has 0 spiro atoms. The van der Waals surface area contributed by atoms with Gasteiger partial charge in [-0.2, -0.15) is 0 Å². The van der Waals surface area contributed by atoms with Gasteiger partial charge < -0.3 is 15.1 Å². The lowest BCUT2D eigenvalue weighted by Crippen LogP contribution is -2.46. The highest BCUT2D eigenvalue weighted by Gasteiger charge is 2.20. The number of carbonyl (C=O) groups is 1. The lowest BCUT2D eigenvalue weighted by Gasteiger charge is -2.36. The Morgan fingerprint density at radius 3 is 2.58 bits per heavy atom. The molecular formula is C19H20BrClFN3O. The fraction of sp³-hybridized carbons (Fsp3) is 0.316. The lowest BCUT2D eigenvalue weighted by molar-refractivity contribution is 0.102. The van der Waals surface area contributed by atoms with Gasteiger partial charge >= 0.3 is 0 Å². The number of carbonyl (C=O) groups excluding carboxylic acids is 1. The minimum atomic E-state index is -0.572. The van der Waals surface area contributed by atoms with E-state index in [0.29, 0.717) is 15.2 Å². The Balaban J connectivity index is 1.83. The zero-order chi connectivity index (χ0) is 18.7. The first-order chi connectivity index (χ1) is 12.5. The summed E-state index contributed by atoms with van der Waals surface area (Å²) in [7, 11) is 0. The van der Waals surface area contributed by atoms with Gasteiger partial charge in [0.2, 0.25) is 0 Å². The van der Waals surface area contributed by atoms with E-state index in [1.807, 2.05) is 6.07 Å². The number of likely N-dealkylation sites (N-methyl/N-ethyl adjacent to an activating group) is 1. The van der Waals surface area contributed by atoms with Crippen LogP contribution in [0.2, 0.25) is 5.02 Å². The molecule has 1 saturated heterocycles. The van der Waals surface area contributed by atoms with E-state index in [-0.39, 0.29) is 5.56 Å². The molecule has 0 aromatic heterocycles. The highest BCUT2D eigenvalue weighted by molar-refractivity contribution is 9.10. The smallest absolute Gasteiger partial charge is 0.258 e. The lowest BCUT2D eigenvalue weighted by atomic mass is 10.1. The summed E-state index contributed by atoms with van der Waals surface area (Å²) in [5, 5.41) is 3.34. The summed E-state index contributed by atoms with van der Waals surface area (Å²) in [5.74, 6) is -1.07. The van der Waals surface area contributed by atoms with E-state index < -0.39 is 11.7 Å². The van der Waals surface area contributed by atoms with E-state index in [2.05, 4.69) is 38.0 Å². The summed E-state index contributed by atoms with van der Waals surface area (Å²) >= 11 is 9.32. The molecule has 0 bridgehead atoms. The van der Waals surface area contributed by atoms with Crippen LogP contribution in [0.5, 0.6) is 0 Å². The van der Waals surface area contributed by atoms with Gasteiger partial charge in [-0.3, -0.25) is 4.79 Å². The predicted octanol–water partition coefficient (Wildman–Crippen LogP) is 4.64. The molecule has 138 valence electrons. The summed E-state index contributed by atoms with van der Waals surface area (Å²) in [4.78, 5) is 17.1. The van der Waals surface area contributed by atoms with Crippen molar-refractivity contribution in [3.8, 4) is 0 Å². The summed E-state index contributed by atoms with van der Waals surface area (Å²) < 4.78 is 14.7. The SMILES string of the molecule is CCN1CCN(c2ccc(Cl)cc2NC(=O)c2ccc(Br)cc2F)CC1. The van der Waals surface area contributed by atoms with E-state index in [0.717, 1.165) is 38.4 Å². The van der Waals surface area contributed by atoms with Crippen LogP contribution < -0.4 is 10.2 Å². The number of rotatable bonds is 4. The molecular weight excluding hydrogens is 421 g/mol. The number of piperazine rings is 1. The molecule has 2 aromatic carbocycles. The van der Waals surface area contributed by atoms with Gasteiger partial charge in [-0.15, -0.1) is 0 Å².